The molecule has 1 unspecified atom stereocenters. The fourth-order valence-electron chi connectivity index (χ4n) is 2.25. The predicted octanol–water partition coefficient (Wildman–Crippen LogP) is 2.25. The third-order valence-electron chi connectivity index (χ3n) is 3.09. The lowest BCUT2D eigenvalue weighted by Crippen LogP contribution is -2.18. The molecule has 0 amide bonds. The molecule has 14 heavy (non-hydrogen) atoms. The zero-order valence-corrected chi connectivity index (χ0v) is 8.66. The van der Waals surface area contributed by atoms with Gasteiger partial charge in [0.05, 0.1) is 6.42 Å². The third kappa shape index (κ3) is 3.48. The molecule has 0 aliphatic heterocycles. The van der Waals surface area contributed by atoms with Crippen LogP contribution in [0.5, 0.6) is 0 Å². The van der Waals surface area contributed by atoms with E-state index in [0.717, 1.165) is 6.42 Å². The van der Waals surface area contributed by atoms with Crippen molar-refractivity contribution in [2.24, 2.45) is 11.8 Å². The van der Waals surface area contributed by atoms with E-state index in [4.69, 9.17) is 5.11 Å². The summed E-state index contributed by atoms with van der Waals surface area (Å²) in [6, 6.07) is 0. The van der Waals surface area contributed by atoms with Gasteiger partial charge < -0.3 is 5.11 Å². The number of aliphatic carboxylic acids is 1. The number of carbonyl (C=O) groups excluding carboxylic acids is 1. The Morgan fingerprint density at radius 1 is 1.36 bits per heavy atom. The van der Waals surface area contributed by atoms with Gasteiger partial charge in [-0.15, -0.1) is 0 Å². The maximum atomic E-state index is 11.2. The lowest BCUT2D eigenvalue weighted by atomic mass is 9.88. The lowest BCUT2D eigenvalue weighted by Gasteiger charge is -2.15. The molecule has 1 fully saturated rings. The summed E-state index contributed by atoms with van der Waals surface area (Å²) < 4.78 is 0. The highest BCUT2D eigenvalue weighted by Crippen LogP contribution is 2.31. The monoisotopic (exact) mass is 198 g/mol. The van der Waals surface area contributed by atoms with Crippen LogP contribution in [0.3, 0.4) is 0 Å². The van der Waals surface area contributed by atoms with Crippen molar-refractivity contribution >= 4 is 11.8 Å². The van der Waals surface area contributed by atoms with Crippen molar-refractivity contribution in [2.45, 2.75) is 45.4 Å². The summed E-state index contributed by atoms with van der Waals surface area (Å²) in [6.07, 6.45) is 5.60. The Balaban J connectivity index is 2.41. The fourth-order valence-corrected chi connectivity index (χ4v) is 2.25. The van der Waals surface area contributed by atoms with Crippen LogP contribution < -0.4 is 0 Å². The Kier molecular flexibility index (Phi) is 4.11. The van der Waals surface area contributed by atoms with Gasteiger partial charge in [0.25, 0.3) is 0 Å². The topological polar surface area (TPSA) is 54.4 Å². The Labute approximate surface area is 84.5 Å². The number of rotatable bonds is 5. The van der Waals surface area contributed by atoms with Crippen LogP contribution in [-0.2, 0) is 9.59 Å². The standard InChI is InChI=1S/C11H18O3/c1-8(12)10(7-11(13)14)6-9-4-2-3-5-9/h9-10H,2-7H2,1H3,(H,13,14). The summed E-state index contributed by atoms with van der Waals surface area (Å²) in [6.45, 7) is 1.50. The largest absolute Gasteiger partial charge is 0.481 e. The number of carbonyl (C=O) groups is 2. The van der Waals surface area contributed by atoms with Gasteiger partial charge in [-0.2, -0.15) is 0 Å². The van der Waals surface area contributed by atoms with Crippen molar-refractivity contribution in [1.29, 1.82) is 0 Å². The van der Waals surface area contributed by atoms with Gasteiger partial charge in [0, 0.05) is 5.92 Å². The molecule has 0 radical (unpaired) electrons. The van der Waals surface area contributed by atoms with Crippen molar-refractivity contribution in [3.63, 3.8) is 0 Å². The maximum absolute atomic E-state index is 11.2. The number of carboxylic acid groups (broad SMARTS) is 1. The van der Waals surface area contributed by atoms with Crippen LogP contribution in [0.1, 0.15) is 45.4 Å². The number of Topliss-reactive ketones (excluding diaryl/α,β-unsaturated/α-hetero) is 1. The predicted molar refractivity (Wildman–Crippen MR) is 53.0 cm³/mol. The van der Waals surface area contributed by atoms with Crippen LogP contribution in [0, 0.1) is 11.8 Å². The molecule has 80 valence electrons. The molecule has 1 N–H and O–H groups in total. The van der Waals surface area contributed by atoms with E-state index in [-0.39, 0.29) is 18.1 Å². The van der Waals surface area contributed by atoms with E-state index in [9.17, 15) is 9.59 Å². The van der Waals surface area contributed by atoms with Gasteiger partial charge in [-0.1, -0.05) is 25.7 Å². The second-order valence-corrected chi connectivity index (χ2v) is 4.29. The molecule has 3 nitrogen and oxygen atoms in total. The highest BCUT2D eigenvalue weighted by molar-refractivity contribution is 5.82. The van der Waals surface area contributed by atoms with E-state index < -0.39 is 5.97 Å². The van der Waals surface area contributed by atoms with Gasteiger partial charge in [-0.3, -0.25) is 9.59 Å². The van der Waals surface area contributed by atoms with Gasteiger partial charge in [-0.05, 0) is 19.3 Å². The minimum Gasteiger partial charge on any atom is -0.481 e. The molecule has 0 heterocycles. The molecule has 3 heteroatoms. The molecular formula is C11H18O3. The first-order valence-electron chi connectivity index (χ1n) is 5.32. The van der Waals surface area contributed by atoms with E-state index in [2.05, 4.69) is 0 Å². The quantitative estimate of drug-likeness (QED) is 0.737. The second-order valence-electron chi connectivity index (χ2n) is 4.29. The van der Waals surface area contributed by atoms with Gasteiger partial charge in [0.15, 0.2) is 0 Å². The van der Waals surface area contributed by atoms with Gasteiger partial charge in [0.1, 0.15) is 5.78 Å². The minimum atomic E-state index is -0.858. The lowest BCUT2D eigenvalue weighted by molar-refractivity contribution is -0.140. The molecule has 0 aromatic rings. The van der Waals surface area contributed by atoms with E-state index in [0.29, 0.717) is 5.92 Å². The number of carboxylic acids is 1. The first-order valence-corrected chi connectivity index (χ1v) is 5.32. The van der Waals surface area contributed by atoms with E-state index in [1.54, 1.807) is 0 Å². The molecule has 0 spiro atoms. The van der Waals surface area contributed by atoms with E-state index in [1.807, 2.05) is 0 Å². The second kappa shape index (κ2) is 5.13. The van der Waals surface area contributed by atoms with Crippen LogP contribution in [0.25, 0.3) is 0 Å². The summed E-state index contributed by atoms with van der Waals surface area (Å²) in [7, 11) is 0. The summed E-state index contributed by atoms with van der Waals surface area (Å²) in [5, 5.41) is 8.65. The number of hydrogen-bond donors (Lipinski definition) is 1. The third-order valence-corrected chi connectivity index (χ3v) is 3.09. The van der Waals surface area contributed by atoms with Crippen LogP contribution in [0.15, 0.2) is 0 Å². The Bertz CT molecular complexity index is 217. The van der Waals surface area contributed by atoms with E-state index in [1.165, 1.54) is 32.6 Å². The fraction of sp³-hybridized carbons (Fsp3) is 0.818. The molecule has 1 aliphatic rings. The molecular weight excluding hydrogens is 180 g/mol. The van der Waals surface area contributed by atoms with Gasteiger partial charge in [0.2, 0.25) is 0 Å². The number of hydrogen-bond acceptors (Lipinski definition) is 2. The van der Waals surface area contributed by atoms with Gasteiger partial charge >= 0.3 is 5.97 Å². The molecule has 0 aromatic carbocycles. The summed E-state index contributed by atoms with van der Waals surface area (Å²) >= 11 is 0. The summed E-state index contributed by atoms with van der Waals surface area (Å²) in [5.74, 6) is -0.499. The number of ketones is 1. The Morgan fingerprint density at radius 3 is 2.36 bits per heavy atom. The highest BCUT2D eigenvalue weighted by Gasteiger charge is 2.24. The smallest absolute Gasteiger partial charge is 0.304 e. The van der Waals surface area contributed by atoms with E-state index >= 15 is 0 Å². The van der Waals surface area contributed by atoms with Crippen molar-refractivity contribution in [3.05, 3.63) is 0 Å². The van der Waals surface area contributed by atoms with Crippen molar-refractivity contribution in [1.82, 2.24) is 0 Å². The highest BCUT2D eigenvalue weighted by atomic mass is 16.4. The molecule has 1 aliphatic carbocycles. The zero-order chi connectivity index (χ0) is 10.6. The molecule has 1 rings (SSSR count). The van der Waals surface area contributed by atoms with Crippen molar-refractivity contribution in [2.75, 3.05) is 0 Å². The van der Waals surface area contributed by atoms with Crippen LogP contribution >= 0.6 is 0 Å². The molecule has 0 aromatic heterocycles. The average Bonchev–Trinajstić information content (AvgIpc) is 2.54. The molecule has 1 saturated carbocycles. The zero-order valence-electron chi connectivity index (χ0n) is 8.66. The SMILES string of the molecule is CC(=O)C(CC(=O)O)CC1CCCC1. The summed E-state index contributed by atoms with van der Waals surface area (Å²) in [5.41, 5.74) is 0. The molecule has 0 bridgehead atoms. The molecule has 1 atom stereocenters. The van der Waals surface area contributed by atoms with Crippen molar-refractivity contribution < 1.29 is 14.7 Å². The normalized spacial score (nSPS) is 19.5. The van der Waals surface area contributed by atoms with Crippen LogP contribution in [0.2, 0.25) is 0 Å². The summed E-state index contributed by atoms with van der Waals surface area (Å²) in [4.78, 5) is 21.7. The Morgan fingerprint density at radius 2 is 1.93 bits per heavy atom. The average molecular weight is 198 g/mol. The maximum Gasteiger partial charge on any atom is 0.304 e. The molecule has 0 saturated heterocycles. The Hall–Kier alpha value is -0.860. The van der Waals surface area contributed by atoms with Gasteiger partial charge in [-0.25, -0.2) is 0 Å². The van der Waals surface area contributed by atoms with Crippen LogP contribution in [0.4, 0.5) is 0 Å². The first-order chi connectivity index (χ1) is 6.59. The van der Waals surface area contributed by atoms with Crippen LogP contribution in [-0.4, -0.2) is 16.9 Å². The minimum absolute atomic E-state index is 0.00579. The van der Waals surface area contributed by atoms with Crippen molar-refractivity contribution in [3.8, 4) is 0 Å². The first kappa shape index (κ1) is 11.2.